The molecule has 1 aliphatic rings. The number of hydrogen-bond acceptors (Lipinski definition) is 2. The zero-order chi connectivity index (χ0) is 13.9. The molecule has 18 heavy (non-hydrogen) atoms. The standard InChI is InChI=1S/C13H24N2O3/c1-5-13(2,3)15(4)12(18)14-10-7-6-9(8-10)11(16)17/h9-10H,5-8H2,1-4H3,(H,14,18)(H,16,17)/t9-,10+/m1/s1. The molecule has 0 unspecified atom stereocenters. The van der Waals surface area contributed by atoms with Crippen molar-refractivity contribution in [3.63, 3.8) is 0 Å². The lowest BCUT2D eigenvalue weighted by molar-refractivity contribution is -0.141. The Morgan fingerprint density at radius 1 is 1.39 bits per heavy atom. The molecule has 0 heterocycles. The average Bonchev–Trinajstić information content (AvgIpc) is 2.76. The van der Waals surface area contributed by atoms with Gasteiger partial charge in [-0.05, 0) is 39.5 Å². The van der Waals surface area contributed by atoms with Crippen LogP contribution in [-0.4, -0.2) is 40.6 Å². The number of carbonyl (C=O) groups excluding carboxylic acids is 1. The second-order valence-electron chi connectivity index (χ2n) is 5.72. The molecule has 0 saturated heterocycles. The minimum atomic E-state index is -0.756. The third-order valence-electron chi connectivity index (χ3n) is 4.19. The summed E-state index contributed by atoms with van der Waals surface area (Å²) in [6.45, 7) is 6.07. The molecular formula is C13H24N2O3. The molecule has 0 aliphatic heterocycles. The quantitative estimate of drug-likeness (QED) is 0.809. The normalized spacial score (nSPS) is 23.8. The van der Waals surface area contributed by atoms with Crippen molar-refractivity contribution < 1.29 is 14.7 Å². The topological polar surface area (TPSA) is 69.6 Å². The summed E-state index contributed by atoms with van der Waals surface area (Å²) in [6, 6.07) is -0.119. The monoisotopic (exact) mass is 256 g/mol. The van der Waals surface area contributed by atoms with E-state index in [1.54, 1.807) is 11.9 Å². The second kappa shape index (κ2) is 5.59. The van der Waals surface area contributed by atoms with Crippen LogP contribution in [0.2, 0.25) is 0 Å². The number of nitrogens with one attached hydrogen (secondary N) is 1. The van der Waals surface area contributed by atoms with Crippen molar-refractivity contribution in [1.82, 2.24) is 10.2 Å². The molecule has 0 bridgehead atoms. The molecule has 5 nitrogen and oxygen atoms in total. The molecule has 0 spiro atoms. The van der Waals surface area contributed by atoms with E-state index in [2.05, 4.69) is 5.32 Å². The van der Waals surface area contributed by atoms with Gasteiger partial charge < -0.3 is 15.3 Å². The van der Waals surface area contributed by atoms with Crippen molar-refractivity contribution in [3.8, 4) is 0 Å². The van der Waals surface area contributed by atoms with Gasteiger partial charge in [0.05, 0.1) is 5.92 Å². The first-order chi connectivity index (χ1) is 8.27. The Bertz CT molecular complexity index is 328. The Kier molecular flexibility index (Phi) is 4.59. The van der Waals surface area contributed by atoms with Gasteiger partial charge in [0.25, 0.3) is 0 Å². The van der Waals surface area contributed by atoms with Crippen LogP contribution in [0.25, 0.3) is 0 Å². The zero-order valence-corrected chi connectivity index (χ0v) is 11.7. The van der Waals surface area contributed by atoms with E-state index < -0.39 is 5.97 Å². The summed E-state index contributed by atoms with van der Waals surface area (Å²) in [5.41, 5.74) is -0.186. The van der Waals surface area contributed by atoms with E-state index in [0.717, 1.165) is 12.8 Å². The van der Waals surface area contributed by atoms with E-state index >= 15 is 0 Å². The molecule has 1 rings (SSSR count). The summed E-state index contributed by atoms with van der Waals surface area (Å²) in [5, 5.41) is 11.8. The van der Waals surface area contributed by atoms with Gasteiger partial charge in [0, 0.05) is 18.6 Å². The Morgan fingerprint density at radius 2 is 2.00 bits per heavy atom. The van der Waals surface area contributed by atoms with Crippen molar-refractivity contribution in [1.29, 1.82) is 0 Å². The SMILES string of the molecule is CCC(C)(C)N(C)C(=O)N[C@H]1CC[C@@H](C(=O)O)C1. The van der Waals surface area contributed by atoms with Crippen LogP contribution < -0.4 is 5.32 Å². The van der Waals surface area contributed by atoms with Gasteiger partial charge in [0.15, 0.2) is 0 Å². The molecule has 1 fully saturated rings. The Labute approximate surface area is 109 Å². The summed E-state index contributed by atoms with van der Waals surface area (Å²) in [4.78, 5) is 24.6. The number of carboxylic acid groups (broad SMARTS) is 1. The molecule has 0 aromatic rings. The molecule has 2 N–H and O–H groups in total. The predicted molar refractivity (Wildman–Crippen MR) is 69.4 cm³/mol. The van der Waals surface area contributed by atoms with Crippen LogP contribution in [0, 0.1) is 5.92 Å². The van der Waals surface area contributed by atoms with Crippen molar-refractivity contribution >= 4 is 12.0 Å². The first-order valence-corrected chi connectivity index (χ1v) is 6.55. The lowest BCUT2D eigenvalue weighted by Gasteiger charge is -2.35. The maximum absolute atomic E-state index is 12.0. The van der Waals surface area contributed by atoms with E-state index in [4.69, 9.17) is 5.11 Å². The van der Waals surface area contributed by atoms with Crippen LogP contribution in [0.4, 0.5) is 4.79 Å². The van der Waals surface area contributed by atoms with Crippen LogP contribution in [0.15, 0.2) is 0 Å². The highest BCUT2D eigenvalue weighted by Crippen LogP contribution is 2.26. The van der Waals surface area contributed by atoms with Crippen LogP contribution >= 0.6 is 0 Å². The second-order valence-corrected chi connectivity index (χ2v) is 5.72. The summed E-state index contributed by atoms with van der Waals surface area (Å²) in [5.74, 6) is -1.06. The third kappa shape index (κ3) is 3.37. The summed E-state index contributed by atoms with van der Waals surface area (Å²) in [6.07, 6.45) is 2.82. The molecule has 1 saturated carbocycles. The minimum Gasteiger partial charge on any atom is -0.481 e. The Hall–Kier alpha value is -1.26. The summed E-state index contributed by atoms with van der Waals surface area (Å²) in [7, 11) is 1.78. The van der Waals surface area contributed by atoms with E-state index in [1.165, 1.54) is 0 Å². The molecule has 0 radical (unpaired) electrons. The Balaban J connectivity index is 2.49. The zero-order valence-electron chi connectivity index (χ0n) is 11.7. The van der Waals surface area contributed by atoms with Crippen molar-refractivity contribution in [3.05, 3.63) is 0 Å². The molecule has 1 aliphatic carbocycles. The van der Waals surface area contributed by atoms with Crippen molar-refractivity contribution in [2.75, 3.05) is 7.05 Å². The van der Waals surface area contributed by atoms with Gasteiger partial charge >= 0.3 is 12.0 Å². The largest absolute Gasteiger partial charge is 0.481 e. The number of hydrogen-bond donors (Lipinski definition) is 2. The van der Waals surface area contributed by atoms with E-state index in [-0.39, 0.29) is 23.5 Å². The fourth-order valence-electron chi connectivity index (χ4n) is 2.12. The Morgan fingerprint density at radius 3 is 2.44 bits per heavy atom. The highest BCUT2D eigenvalue weighted by atomic mass is 16.4. The molecule has 2 amide bonds. The lowest BCUT2D eigenvalue weighted by Crippen LogP contribution is -2.51. The highest BCUT2D eigenvalue weighted by Gasteiger charge is 2.33. The maximum atomic E-state index is 12.0. The number of rotatable bonds is 4. The number of aliphatic carboxylic acids is 1. The van der Waals surface area contributed by atoms with Gasteiger partial charge in [-0.2, -0.15) is 0 Å². The predicted octanol–water partition coefficient (Wildman–Crippen LogP) is 2.07. The first kappa shape index (κ1) is 14.8. The molecule has 104 valence electrons. The number of carbonyl (C=O) groups is 2. The third-order valence-corrected chi connectivity index (χ3v) is 4.19. The number of amides is 2. The van der Waals surface area contributed by atoms with Gasteiger partial charge in [-0.25, -0.2) is 4.79 Å². The van der Waals surface area contributed by atoms with Crippen LogP contribution in [-0.2, 0) is 4.79 Å². The highest BCUT2D eigenvalue weighted by molar-refractivity contribution is 5.75. The fraction of sp³-hybridized carbons (Fsp3) is 0.846. The van der Waals surface area contributed by atoms with Crippen molar-refractivity contribution in [2.24, 2.45) is 5.92 Å². The maximum Gasteiger partial charge on any atom is 0.317 e. The van der Waals surface area contributed by atoms with Crippen LogP contribution in [0.1, 0.15) is 46.5 Å². The van der Waals surface area contributed by atoms with Gasteiger partial charge in [0.2, 0.25) is 0 Å². The molecule has 0 aromatic heterocycles. The molecular weight excluding hydrogens is 232 g/mol. The fourth-order valence-corrected chi connectivity index (χ4v) is 2.12. The number of urea groups is 1. The van der Waals surface area contributed by atoms with E-state index in [0.29, 0.717) is 12.8 Å². The van der Waals surface area contributed by atoms with Gasteiger partial charge in [-0.1, -0.05) is 6.92 Å². The average molecular weight is 256 g/mol. The van der Waals surface area contributed by atoms with Gasteiger partial charge in [-0.15, -0.1) is 0 Å². The first-order valence-electron chi connectivity index (χ1n) is 6.55. The van der Waals surface area contributed by atoms with Crippen molar-refractivity contribution in [2.45, 2.75) is 58.0 Å². The number of nitrogens with zero attached hydrogens (tertiary/aromatic N) is 1. The molecule has 0 aromatic carbocycles. The van der Waals surface area contributed by atoms with Gasteiger partial charge in [0.1, 0.15) is 0 Å². The summed E-state index contributed by atoms with van der Waals surface area (Å²) < 4.78 is 0. The van der Waals surface area contributed by atoms with Crippen LogP contribution in [0.5, 0.6) is 0 Å². The lowest BCUT2D eigenvalue weighted by atomic mass is 10.0. The summed E-state index contributed by atoms with van der Waals surface area (Å²) >= 11 is 0. The number of carboxylic acids is 1. The van der Waals surface area contributed by atoms with Gasteiger partial charge in [-0.3, -0.25) is 4.79 Å². The smallest absolute Gasteiger partial charge is 0.317 e. The van der Waals surface area contributed by atoms with E-state index in [9.17, 15) is 9.59 Å². The minimum absolute atomic E-state index is 0.00583. The molecule has 5 heteroatoms. The van der Waals surface area contributed by atoms with E-state index in [1.807, 2.05) is 20.8 Å². The molecule has 2 atom stereocenters. The van der Waals surface area contributed by atoms with Crippen LogP contribution in [0.3, 0.4) is 0 Å².